The molecule has 1 heterocycles. The zero-order valence-electron chi connectivity index (χ0n) is 8.59. The Morgan fingerprint density at radius 3 is 3.13 bits per heavy atom. The molecule has 1 N–H and O–H groups in total. The molecule has 0 fully saturated rings. The third-order valence-corrected chi connectivity index (χ3v) is 3.12. The Morgan fingerprint density at radius 1 is 1.47 bits per heavy atom. The fourth-order valence-corrected chi connectivity index (χ4v) is 2.36. The van der Waals surface area contributed by atoms with Crippen LogP contribution in [0, 0.1) is 5.82 Å². The van der Waals surface area contributed by atoms with Gasteiger partial charge in [-0.3, -0.25) is 0 Å². The summed E-state index contributed by atoms with van der Waals surface area (Å²) in [4.78, 5) is 4.41. The van der Waals surface area contributed by atoms with Crippen LogP contribution in [0.2, 0.25) is 0 Å². The molecule has 2 aromatic rings. The summed E-state index contributed by atoms with van der Waals surface area (Å²) in [6, 6.07) is 4.71. The van der Waals surface area contributed by atoms with E-state index >= 15 is 0 Å². The second-order valence-corrected chi connectivity index (χ2v) is 4.51. The quantitative estimate of drug-likeness (QED) is 0.808. The van der Waals surface area contributed by atoms with Crippen LogP contribution in [0.4, 0.5) is 4.39 Å². The lowest BCUT2D eigenvalue weighted by atomic mass is 10.3. The molecule has 2 nitrogen and oxygen atoms in total. The number of thiazole rings is 1. The molecule has 0 saturated heterocycles. The highest BCUT2D eigenvalue weighted by molar-refractivity contribution is 7.18. The lowest BCUT2D eigenvalue weighted by molar-refractivity contribution is 0.630. The standard InChI is InChI=1S/C11H13FN2S/c1-2-5-13-7-11-14-9-4-3-8(12)6-10(9)15-11/h3-4,6,13H,2,5,7H2,1H3. The summed E-state index contributed by atoms with van der Waals surface area (Å²) >= 11 is 1.55. The Morgan fingerprint density at radius 2 is 2.33 bits per heavy atom. The zero-order chi connectivity index (χ0) is 10.7. The fourth-order valence-electron chi connectivity index (χ4n) is 1.39. The van der Waals surface area contributed by atoms with Gasteiger partial charge in [-0.25, -0.2) is 9.37 Å². The van der Waals surface area contributed by atoms with E-state index in [1.165, 1.54) is 12.1 Å². The van der Waals surface area contributed by atoms with Crippen LogP contribution in [0.5, 0.6) is 0 Å². The van der Waals surface area contributed by atoms with Crippen molar-refractivity contribution in [2.24, 2.45) is 0 Å². The molecule has 0 atom stereocenters. The first-order valence-corrected chi connectivity index (χ1v) is 5.87. The molecule has 0 spiro atoms. The molecular weight excluding hydrogens is 211 g/mol. The van der Waals surface area contributed by atoms with Crippen LogP contribution in [-0.4, -0.2) is 11.5 Å². The van der Waals surface area contributed by atoms with E-state index in [2.05, 4.69) is 17.2 Å². The molecule has 15 heavy (non-hydrogen) atoms. The van der Waals surface area contributed by atoms with E-state index in [1.54, 1.807) is 17.4 Å². The van der Waals surface area contributed by atoms with E-state index in [1.807, 2.05) is 0 Å². The predicted octanol–water partition coefficient (Wildman–Crippen LogP) is 2.94. The Bertz CT molecular complexity index is 453. The third-order valence-electron chi connectivity index (χ3n) is 2.10. The molecule has 0 aliphatic carbocycles. The van der Waals surface area contributed by atoms with E-state index in [-0.39, 0.29) is 5.82 Å². The van der Waals surface area contributed by atoms with Crippen LogP contribution in [0.15, 0.2) is 18.2 Å². The first-order chi connectivity index (χ1) is 7.29. The summed E-state index contributed by atoms with van der Waals surface area (Å²) in [5.74, 6) is -0.195. The minimum atomic E-state index is -0.195. The summed E-state index contributed by atoms with van der Waals surface area (Å²) in [7, 11) is 0. The van der Waals surface area contributed by atoms with Crippen molar-refractivity contribution >= 4 is 21.6 Å². The van der Waals surface area contributed by atoms with Crippen LogP contribution < -0.4 is 5.32 Å². The van der Waals surface area contributed by atoms with E-state index in [0.717, 1.165) is 34.7 Å². The SMILES string of the molecule is CCCNCc1nc2ccc(F)cc2s1. The average Bonchev–Trinajstić information content (AvgIpc) is 2.60. The Kier molecular flexibility index (Phi) is 3.28. The van der Waals surface area contributed by atoms with Crippen LogP contribution >= 0.6 is 11.3 Å². The van der Waals surface area contributed by atoms with E-state index in [0.29, 0.717) is 0 Å². The second-order valence-electron chi connectivity index (χ2n) is 3.40. The fraction of sp³-hybridized carbons (Fsp3) is 0.364. The molecule has 4 heteroatoms. The molecule has 0 radical (unpaired) electrons. The number of benzene rings is 1. The molecule has 2 rings (SSSR count). The first-order valence-electron chi connectivity index (χ1n) is 5.05. The van der Waals surface area contributed by atoms with Gasteiger partial charge in [0, 0.05) is 6.54 Å². The van der Waals surface area contributed by atoms with Gasteiger partial charge in [0.25, 0.3) is 0 Å². The molecule has 1 aromatic heterocycles. The van der Waals surface area contributed by atoms with Crippen molar-refractivity contribution in [3.8, 4) is 0 Å². The van der Waals surface area contributed by atoms with Crippen molar-refractivity contribution in [1.29, 1.82) is 0 Å². The summed E-state index contributed by atoms with van der Waals surface area (Å²) in [5, 5.41) is 4.30. The molecule has 0 aliphatic heterocycles. The molecule has 0 unspecified atom stereocenters. The predicted molar refractivity (Wildman–Crippen MR) is 61.6 cm³/mol. The molecular formula is C11H13FN2S. The number of nitrogens with zero attached hydrogens (tertiary/aromatic N) is 1. The largest absolute Gasteiger partial charge is 0.310 e. The lowest BCUT2D eigenvalue weighted by Gasteiger charge is -1.96. The highest BCUT2D eigenvalue weighted by Gasteiger charge is 2.03. The summed E-state index contributed by atoms with van der Waals surface area (Å²) in [5.41, 5.74) is 0.884. The minimum absolute atomic E-state index is 0.195. The maximum atomic E-state index is 12.9. The second kappa shape index (κ2) is 4.68. The first kappa shape index (κ1) is 10.5. The number of aromatic nitrogens is 1. The van der Waals surface area contributed by atoms with Crippen LogP contribution in [0.1, 0.15) is 18.4 Å². The number of nitrogens with one attached hydrogen (secondary N) is 1. The molecule has 80 valence electrons. The maximum absolute atomic E-state index is 12.9. The van der Waals surface area contributed by atoms with Crippen molar-refractivity contribution in [1.82, 2.24) is 10.3 Å². The van der Waals surface area contributed by atoms with Crippen LogP contribution in [0.25, 0.3) is 10.2 Å². The smallest absolute Gasteiger partial charge is 0.124 e. The highest BCUT2D eigenvalue weighted by Crippen LogP contribution is 2.22. The topological polar surface area (TPSA) is 24.9 Å². The Hall–Kier alpha value is -1.000. The molecule has 0 saturated carbocycles. The van der Waals surface area contributed by atoms with Crippen molar-refractivity contribution in [3.63, 3.8) is 0 Å². The summed E-state index contributed by atoms with van der Waals surface area (Å²) in [6.07, 6.45) is 1.11. The number of rotatable bonds is 4. The zero-order valence-corrected chi connectivity index (χ0v) is 9.40. The monoisotopic (exact) mass is 224 g/mol. The lowest BCUT2D eigenvalue weighted by Crippen LogP contribution is -2.13. The van der Waals surface area contributed by atoms with Gasteiger partial charge < -0.3 is 5.32 Å². The van der Waals surface area contributed by atoms with Gasteiger partial charge in [0.2, 0.25) is 0 Å². The van der Waals surface area contributed by atoms with E-state index in [4.69, 9.17) is 0 Å². The number of hydrogen-bond donors (Lipinski definition) is 1. The van der Waals surface area contributed by atoms with Gasteiger partial charge in [-0.1, -0.05) is 6.92 Å². The van der Waals surface area contributed by atoms with Crippen molar-refractivity contribution in [3.05, 3.63) is 29.0 Å². The average molecular weight is 224 g/mol. The number of fused-ring (bicyclic) bond motifs is 1. The number of hydrogen-bond acceptors (Lipinski definition) is 3. The number of halogens is 1. The van der Waals surface area contributed by atoms with Gasteiger partial charge in [0.1, 0.15) is 10.8 Å². The van der Waals surface area contributed by atoms with E-state index < -0.39 is 0 Å². The third kappa shape index (κ3) is 2.52. The maximum Gasteiger partial charge on any atom is 0.124 e. The van der Waals surface area contributed by atoms with Gasteiger partial charge in [-0.15, -0.1) is 11.3 Å². The Labute approximate surface area is 92.1 Å². The van der Waals surface area contributed by atoms with E-state index in [9.17, 15) is 4.39 Å². The van der Waals surface area contributed by atoms with Crippen LogP contribution in [0.3, 0.4) is 0 Å². The summed E-state index contributed by atoms with van der Waals surface area (Å²) < 4.78 is 13.8. The molecule has 0 aliphatic rings. The van der Waals surface area contributed by atoms with Gasteiger partial charge in [-0.2, -0.15) is 0 Å². The summed E-state index contributed by atoms with van der Waals surface area (Å²) in [6.45, 7) is 3.89. The van der Waals surface area contributed by atoms with Crippen molar-refractivity contribution < 1.29 is 4.39 Å². The van der Waals surface area contributed by atoms with Gasteiger partial charge in [-0.05, 0) is 31.2 Å². The molecule has 1 aromatic carbocycles. The van der Waals surface area contributed by atoms with Gasteiger partial charge >= 0.3 is 0 Å². The Balaban J connectivity index is 2.16. The van der Waals surface area contributed by atoms with Crippen molar-refractivity contribution in [2.75, 3.05) is 6.54 Å². The normalized spacial score (nSPS) is 11.1. The highest BCUT2D eigenvalue weighted by atomic mass is 32.1. The molecule has 0 bridgehead atoms. The van der Waals surface area contributed by atoms with Crippen LogP contribution in [-0.2, 0) is 6.54 Å². The van der Waals surface area contributed by atoms with Crippen molar-refractivity contribution in [2.45, 2.75) is 19.9 Å². The molecule has 0 amide bonds. The van der Waals surface area contributed by atoms with Gasteiger partial charge in [0.05, 0.1) is 10.2 Å². The minimum Gasteiger partial charge on any atom is -0.310 e. The van der Waals surface area contributed by atoms with Gasteiger partial charge in [0.15, 0.2) is 0 Å².